The minimum atomic E-state index is -0.982. The summed E-state index contributed by atoms with van der Waals surface area (Å²) in [6.45, 7) is 1.52. The molecular formula is C6H14O4. The van der Waals surface area contributed by atoms with Crippen LogP contribution in [0.1, 0.15) is 6.92 Å². The number of rotatable bonds is 5. The average molecular weight is 150 g/mol. The summed E-state index contributed by atoms with van der Waals surface area (Å²) in [5.74, 6) is 0. The van der Waals surface area contributed by atoms with E-state index in [1.165, 1.54) is 0 Å². The van der Waals surface area contributed by atoms with E-state index in [1.54, 1.807) is 6.92 Å². The molecule has 3 N–H and O–H groups in total. The number of hydrogen-bond donors (Lipinski definition) is 3. The Morgan fingerprint density at radius 1 is 1.30 bits per heavy atom. The maximum Gasteiger partial charge on any atom is 0.109 e. The Hall–Kier alpha value is -0.160. The van der Waals surface area contributed by atoms with Crippen LogP contribution in [0.25, 0.3) is 0 Å². The predicted molar refractivity (Wildman–Crippen MR) is 35.6 cm³/mol. The predicted octanol–water partition coefficient (Wildman–Crippen LogP) is -1.26. The van der Waals surface area contributed by atoms with Crippen molar-refractivity contribution < 1.29 is 20.1 Å². The zero-order chi connectivity index (χ0) is 7.98. The van der Waals surface area contributed by atoms with Crippen LogP contribution >= 0.6 is 0 Å². The van der Waals surface area contributed by atoms with E-state index in [1.807, 2.05) is 0 Å². The third-order valence-corrected chi connectivity index (χ3v) is 1.18. The summed E-state index contributed by atoms with van der Waals surface area (Å²) in [7, 11) is 0. The van der Waals surface area contributed by atoms with Crippen molar-refractivity contribution in [1.29, 1.82) is 0 Å². The van der Waals surface area contributed by atoms with Gasteiger partial charge >= 0.3 is 0 Å². The first kappa shape index (κ1) is 9.84. The topological polar surface area (TPSA) is 69.9 Å². The molecule has 0 aliphatic carbocycles. The summed E-state index contributed by atoms with van der Waals surface area (Å²) >= 11 is 0. The summed E-state index contributed by atoms with van der Waals surface area (Å²) in [6, 6.07) is 0. The Bertz CT molecular complexity index is 76.1. The molecular weight excluding hydrogens is 136 g/mol. The smallest absolute Gasteiger partial charge is 0.109 e. The standard InChI is InChI=1S/C6H14O4/c1-2-10-6(4-8)5(9)3-7/h5-9H,2-4H2,1H3/t5-,6+/m1/s1. The number of aliphatic hydroxyl groups is 3. The largest absolute Gasteiger partial charge is 0.394 e. The van der Waals surface area contributed by atoms with Gasteiger partial charge in [0.05, 0.1) is 13.2 Å². The van der Waals surface area contributed by atoms with Gasteiger partial charge in [0.2, 0.25) is 0 Å². The molecule has 0 aliphatic rings. The lowest BCUT2D eigenvalue weighted by molar-refractivity contribution is -0.0759. The van der Waals surface area contributed by atoms with Crippen molar-refractivity contribution in [3.05, 3.63) is 0 Å². The Labute approximate surface area is 60.1 Å². The highest BCUT2D eigenvalue weighted by molar-refractivity contribution is 4.65. The van der Waals surface area contributed by atoms with E-state index >= 15 is 0 Å². The monoisotopic (exact) mass is 150 g/mol. The molecule has 0 aromatic carbocycles. The fourth-order valence-corrected chi connectivity index (χ4v) is 0.617. The molecule has 0 fully saturated rings. The molecule has 0 heterocycles. The summed E-state index contributed by atoms with van der Waals surface area (Å²) in [4.78, 5) is 0. The highest BCUT2D eigenvalue weighted by atomic mass is 16.5. The van der Waals surface area contributed by atoms with Gasteiger partial charge in [-0.2, -0.15) is 0 Å². The van der Waals surface area contributed by atoms with Crippen molar-refractivity contribution >= 4 is 0 Å². The van der Waals surface area contributed by atoms with Gasteiger partial charge < -0.3 is 20.1 Å². The van der Waals surface area contributed by atoms with Gasteiger partial charge in [-0.25, -0.2) is 0 Å². The van der Waals surface area contributed by atoms with Gasteiger partial charge in [0, 0.05) is 6.61 Å². The minimum absolute atomic E-state index is 0.268. The maximum atomic E-state index is 8.91. The zero-order valence-corrected chi connectivity index (χ0v) is 6.03. The van der Waals surface area contributed by atoms with Crippen molar-refractivity contribution in [2.24, 2.45) is 0 Å². The molecule has 0 aliphatic heterocycles. The second-order valence-corrected chi connectivity index (χ2v) is 1.93. The van der Waals surface area contributed by atoms with Crippen molar-refractivity contribution in [3.8, 4) is 0 Å². The van der Waals surface area contributed by atoms with Crippen LogP contribution in [0.2, 0.25) is 0 Å². The maximum absolute atomic E-state index is 8.91. The number of ether oxygens (including phenoxy) is 1. The van der Waals surface area contributed by atoms with Crippen LogP contribution in [0.4, 0.5) is 0 Å². The van der Waals surface area contributed by atoms with Crippen LogP contribution in [0.3, 0.4) is 0 Å². The molecule has 4 nitrogen and oxygen atoms in total. The molecule has 0 radical (unpaired) electrons. The van der Waals surface area contributed by atoms with E-state index in [0.717, 1.165) is 0 Å². The molecule has 0 amide bonds. The van der Waals surface area contributed by atoms with E-state index in [4.69, 9.17) is 20.1 Å². The summed E-state index contributed by atoms with van der Waals surface area (Å²) < 4.78 is 4.88. The second-order valence-electron chi connectivity index (χ2n) is 1.93. The second kappa shape index (κ2) is 5.61. The van der Waals surface area contributed by atoms with Crippen LogP contribution in [-0.2, 0) is 4.74 Å². The molecule has 0 spiro atoms. The summed E-state index contributed by atoms with van der Waals surface area (Å²) in [5.41, 5.74) is 0. The SMILES string of the molecule is CCO[C@@H](CO)[C@H](O)CO. The van der Waals surface area contributed by atoms with Gasteiger partial charge in [0.15, 0.2) is 0 Å². The first-order valence-corrected chi connectivity index (χ1v) is 3.27. The Morgan fingerprint density at radius 3 is 2.20 bits per heavy atom. The van der Waals surface area contributed by atoms with Crippen LogP contribution in [0.5, 0.6) is 0 Å². The van der Waals surface area contributed by atoms with Gasteiger partial charge in [0.25, 0.3) is 0 Å². The van der Waals surface area contributed by atoms with E-state index < -0.39 is 12.2 Å². The molecule has 10 heavy (non-hydrogen) atoms. The fourth-order valence-electron chi connectivity index (χ4n) is 0.617. The normalized spacial score (nSPS) is 16.8. The van der Waals surface area contributed by atoms with Gasteiger partial charge in [0.1, 0.15) is 12.2 Å². The van der Waals surface area contributed by atoms with E-state index in [9.17, 15) is 0 Å². The van der Waals surface area contributed by atoms with Gasteiger partial charge in [-0.05, 0) is 6.92 Å². The fraction of sp³-hybridized carbons (Fsp3) is 1.00. The lowest BCUT2D eigenvalue weighted by atomic mass is 10.2. The van der Waals surface area contributed by atoms with Crippen molar-refractivity contribution in [3.63, 3.8) is 0 Å². The lowest BCUT2D eigenvalue weighted by Gasteiger charge is -2.18. The molecule has 0 bridgehead atoms. The summed E-state index contributed by atoms with van der Waals surface area (Å²) in [6.07, 6.45) is -1.64. The molecule has 0 aromatic rings. The van der Waals surface area contributed by atoms with Crippen LogP contribution in [-0.4, -0.2) is 47.3 Å². The molecule has 0 unspecified atom stereocenters. The Morgan fingerprint density at radius 2 is 1.90 bits per heavy atom. The Kier molecular flexibility index (Phi) is 5.52. The average Bonchev–Trinajstić information content (AvgIpc) is 1.99. The molecule has 4 heteroatoms. The molecule has 0 aromatic heterocycles. The highest BCUT2D eigenvalue weighted by Gasteiger charge is 2.16. The molecule has 0 saturated carbocycles. The first-order valence-electron chi connectivity index (χ1n) is 3.27. The van der Waals surface area contributed by atoms with E-state index in [2.05, 4.69) is 0 Å². The molecule has 0 saturated heterocycles. The quantitative estimate of drug-likeness (QED) is 0.457. The van der Waals surface area contributed by atoms with Crippen molar-refractivity contribution in [2.45, 2.75) is 19.1 Å². The third-order valence-electron chi connectivity index (χ3n) is 1.18. The van der Waals surface area contributed by atoms with Gasteiger partial charge in [-0.1, -0.05) is 0 Å². The first-order chi connectivity index (χ1) is 4.76. The number of hydrogen-bond acceptors (Lipinski definition) is 4. The highest BCUT2D eigenvalue weighted by Crippen LogP contribution is 1.97. The zero-order valence-electron chi connectivity index (χ0n) is 6.03. The minimum Gasteiger partial charge on any atom is -0.394 e. The van der Waals surface area contributed by atoms with Crippen molar-refractivity contribution in [2.75, 3.05) is 19.8 Å². The van der Waals surface area contributed by atoms with Crippen LogP contribution in [0.15, 0.2) is 0 Å². The molecule has 62 valence electrons. The molecule has 2 atom stereocenters. The van der Waals surface area contributed by atoms with Gasteiger partial charge in [-0.3, -0.25) is 0 Å². The van der Waals surface area contributed by atoms with E-state index in [0.29, 0.717) is 6.61 Å². The van der Waals surface area contributed by atoms with Crippen molar-refractivity contribution in [1.82, 2.24) is 0 Å². The molecule has 0 rings (SSSR count). The number of aliphatic hydroxyl groups excluding tert-OH is 3. The lowest BCUT2D eigenvalue weighted by Crippen LogP contribution is -2.35. The van der Waals surface area contributed by atoms with Crippen LogP contribution < -0.4 is 0 Å². The summed E-state index contributed by atoms with van der Waals surface area (Å²) in [5, 5.41) is 25.9. The van der Waals surface area contributed by atoms with E-state index in [-0.39, 0.29) is 13.2 Å². The van der Waals surface area contributed by atoms with Gasteiger partial charge in [-0.15, -0.1) is 0 Å². The third kappa shape index (κ3) is 3.12. The van der Waals surface area contributed by atoms with Crippen LogP contribution in [0, 0.1) is 0 Å². The Balaban J connectivity index is 3.56.